The van der Waals surface area contributed by atoms with Crippen LogP contribution in [0.25, 0.3) is 18.8 Å². The number of hydrogen-bond donors (Lipinski definition) is 2. The highest BCUT2D eigenvalue weighted by Gasteiger charge is 2.26. The minimum Gasteiger partial charge on any atom is -0.478 e. The van der Waals surface area contributed by atoms with Crippen LogP contribution >= 0.6 is 34.0 Å². The molecule has 86 valence electrons. The summed E-state index contributed by atoms with van der Waals surface area (Å²) in [7, 11) is 0. The number of aromatic carboxylic acids is 2. The zero-order chi connectivity index (χ0) is 12.2. The Morgan fingerprint density at radius 1 is 1.06 bits per heavy atom. The fourth-order valence-electron chi connectivity index (χ4n) is 1.67. The van der Waals surface area contributed by atoms with Crippen molar-refractivity contribution >= 4 is 64.7 Å². The molecule has 0 aromatic carbocycles. The molecule has 0 fully saturated rings. The van der Waals surface area contributed by atoms with Gasteiger partial charge in [-0.1, -0.05) is 0 Å². The van der Waals surface area contributed by atoms with Gasteiger partial charge >= 0.3 is 11.9 Å². The van der Waals surface area contributed by atoms with Crippen LogP contribution in [-0.2, 0) is 0 Å². The summed E-state index contributed by atoms with van der Waals surface area (Å²) in [5.41, 5.74) is -0.0779. The van der Waals surface area contributed by atoms with Crippen LogP contribution in [-0.4, -0.2) is 22.2 Å². The monoisotopic (exact) mass is 284 g/mol. The fourth-order valence-corrected chi connectivity index (χ4v) is 5.37. The molecule has 3 aromatic heterocycles. The number of thiophene rings is 3. The van der Waals surface area contributed by atoms with Gasteiger partial charge in [-0.2, -0.15) is 0 Å². The first kappa shape index (κ1) is 10.7. The number of fused-ring (bicyclic) bond motifs is 3. The van der Waals surface area contributed by atoms with Gasteiger partial charge in [0.05, 0.1) is 13.4 Å². The van der Waals surface area contributed by atoms with E-state index in [0.717, 1.165) is 25.4 Å². The molecular weight excluding hydrogens is 280 g/mol. The molecule has 7 heteroatoms. The highest BCUT2D eigenvalue weighted by atomic mass is 32.2. The molecular formula is C10H4O4S3. The Balaban J connectivity index is 2.49. The fraction of sp³-hybridized carbons (Fsp3) is 0. The van der Waals surface area contributed by atoms with Crippen LogP contribution in [0, 0.1) is 0 Å². The summed E-state index contributed by atoms with van der Waals surface area (Å²) in [6.07, 6.45) is 0. The van der Waals surface area contributed by atoms with E-state index in [1.165, 1.54) is 22.7 Å². The quantitative estimate of drug-likeness (QED) is 0.754. The maximum atomic E-state index is 11.2. The van der Waals surface area contributed by atoms with Gasteiger partial charge < -0.3 is 10.2 Å². The number of hydrogen-bond acceptors (Lipinski definition) is 5. The lowest BCUT2D eigenvalue weighted by Gasteiger charge is -1.91. The maximum Gasteiger partial charge on any atom is 0.346 e. The summed E-state index contributed by atoms with van der Waals surface area (Å²) in [6, 6.07) is 1.90. The van der Waals surface area contributed by atoms with Crippen LogP contribution in [0.1, 0.15) is 20.0 Å². The van der Waals surface area contributed by atoms with Crippen molar-refractivity contribution in [1.82, 2.24) is 0 Å². The maximum absolute atomic E-state index is 11.2. The Morgan fingerprint density at radius 3 is 2.47 bits per heavy atom. The first-order valence-electron chi connectivity index (χ1n) is 4.48. The van der Waals surface area contributed by atoms with Gasteiger partial charge in [0.1, 0.15) is 10.4 Å². The molecule has 0 aliphatic rings. The van der Waals surface area contributed by atoms with Gasteiger partial charge in [0.2, 0.25) is 0 Å². The van der Waals surface area contributed by atoms with Gasteiger partial charge in [-0.15, -0.1) is 34.0 Å². The van der Waals surface area contributed by atoms with Crippen molar-refractivity contribution in [1.29, 1.82) is 0 Å². The van der Waals surface area contributed by atoms with Gasteiger partial charge in [-0.05, 0) is 11.4 Å². The van der Waals surface area contributed by atoms with E-state index < -0.39 is 11.9 Å². The minimum atomic E-state index is -1.18. The number of carbonyl (C=O) groups is 2. The number of carboxylic acids is 2. The lowest BCUT2D eigenvalue weighted by Crippen LogP contribution is -2.03. The van der Waals surface area contributed by atoms with Crippen LogP contribution in [0.3, 0.4) is 0 Å². The first-order chi connectivity index (χ1) is 8.09. The lowest BCUT2D eigenvalue weighted by molar-refractivity contribution is 0.0658. The van der Waals surface area contributed by atoms with Crippen molar-refractivity contribution < 1.29 is 19.8 Å². The highest BCUT2D eigenvalue weighted by molar-refractivity contribution is 7.44. The van der Waals surface area contributed by atoms with Gasteiger partial charge in [-0.25, -0.2) is 9.59 Å². The van der Waals surface area contributed by atoms with E-state index >= 15 is 0 Å². The van der Waals surface area contributed by atoms with Crippen molar-refractivity contribution in [2.45, 2.75) is 0 Å². The van der Waals surface area contributed by atoms with E-state index in [-0.39, 0.29) is 10.4 Å². The molecule has 0 atom stereocenters. The lowest BCUT2D eigenvalue weighted by atomic mass is 10.2. The van der Waals surface area contributed by atoms with Crippen LogP contribution < -0.4 is 0 Å². The van der Waals surface area contributed by atoms with Gasteiger partial charge in [-0.3, -0.25) is 0 Å². The second-order valence-corrected chi connectivity index (χ2v) is 6.51. The van der Waals surface area contributed by atoms with Crippen LogP contribution in [0.2, 0.25) is 0 Å². The molecule has 0 saturated carbocycles. The molecule has 2 N–H and O–H groups in total. The smallest absolute Gasteiger partial charge is 0.346 e. The van der Waals surface area contributed by atoms with E-state index in [0.29, 0.717) is 4.70 Å². The van der Waals surface area contributed by atoms with Gasteiger partial charge in [0.25, 0.3) is 0 Å². The Hall–Kier alpha value is -1.44. The van der Waals surface area contributed by atoms with Gasteiger partial charge in [0, 0.05) is 5.39 Å². The molecule has 4 nitrogen and oxygen atoms in total. The van der Waals surface area contributed by atoms with E-state index in [4.69, 9.17) is 10.2 Å². The molecule has 0 bridgehead atoms. The normalized spacial score (nSPS) is 11.3. The summed E-state index contributed by atoms with van der Waals surface area (Å²) >= 11 is 3.92. The Kier molecular flexibility index (Phi) is 2.22. The molecule has 0 aliphatic carbocycles. The second kappa shape index (κ2) is 3.52. The molecule has 3 rings (SSSR count). The van der Waals surface area contributed by atoms with Gasteiger partial charge in [0.15, 0.2) is 0 Å². The average Bonchev–Trinajstić information content (AvgIpc) is 2.84. The van der Waals surface area contributed by atoms with Crippen LogP contribution in [0.4, 0.5) is 0 Å². The zero-order valence-corrected chi connectivity index (χ0v) is 10.5. The van der Waals surface area contributed by atoms with Crippen LogP contribution in [0.5, 0.6) is 0 Å². The first-order valence-corrected chi connectivity index (χ1v) is 7.00. The largest absolute Gasteiger partial charge is 0.478 e. The van der Waals surface area contributed by atoms with E-state index in [2.05, 4.69) is 0 Å². The van der Waals surface area contributed by atoms with Crippen LogP contribution in [0.15, 0.2) is 11.4 Å². The summed E-state index contributed by atoms with van der Waals surface area (Å²) in [6.45, 7) is 0. The third-order valence-electron chi connectivity index (χ3n) is 2.34. The Morgan fingerprint density at radius 2 is 1.82 bits per heavy atom. The van der Waals surface area contributed by atoms with E-state index in [1.807, 2.05) is 11.4 Å². The van der Waals surface area contributed by atoms with E-state index in [9.17, 15) is 9.59 Å². The molecule has 3 aromatic rings. The molecule has 0 unspecified atom stereocenters. The average molecular weight is 284 g/mol. The number of rotatable bonds is 2. The number of carboxylic acid groups (broad SMARTS) is 2. The predicted molar refractivity (Wildman–Crippen MR) is 69.0 cm³/mol. The summed E-state index contributed by atoms with van der Waals surface area (Å²) in [5, 5.41) is 21.0. The molecule has 0 spiro atoms. The molecule has 0 saturated heterocycles. The SMILES string of the molecule is O=C(O)c1sc2c(sc3sccc32)c1C(=O)O. The molecule has 0 aliphatic heterocycles. The standard InChI is InChI=1S/C10H4O4S3/c11-8(12)4-6-5(16-7(4)9(13)14)3-1-2-15-10(3)17-6/h1-2H,(H,11,12)(H,13,14). The summed E-state index contributed by atoms with van der Waals surface area (Å²) in [5.74, 6) is -2.36. The molecule has 0 amide bonds. The van der Waals surface area contributed by atoms with Crippen molar-refractivity contribution in [3.63, 3.8) is 0 Å². The highest BCUT2D eigenvalue weighted by Crippen LogP contribution is 2.44. The predicted octanol–water partition coefficient (Wildman–Crippen LogP) is 3.57. The summed E-state index contributed by atoms with van der Waals surface area (Å²) < 4.78 is 2.37. The Bertz CT molecular complexity index is 761. The van der Waals surface area contributed by atoms with Crippen molar-refractivity contribution in [3.05, 3.63) is 21.9 Å². The molecule has 0 radical (unpaired) electrons. The van der Waals surface area contributed by atoms with E-state index in [1.54, 1.807) is 0 Å². The second-order valence-electron chi connectivity index (χ2n) is 3.30. The zero-order valence-electron chi connectivity index (χ0n) is 8.09. The molecule has 17 heavy (non-hydrogen) atoms. The third-order valence-corrected chi connectivity index (χ3v) is 5.94. The van der Waals surface area contributed by atoms with Crippen molar-refractivity contribution in [2.75, 3.05) is 0 Å². The third kappa shape index (κ3) is 1.40. The van der Waals surface area contributed by atoms with Crippen molar-refractivity contribution in [3.8, 4) is 0 Å². The topological polar surface area (TPSA) is 74.6 Å². The van der Waals surface area contributed by atoms with Crippen molar-refractivity contribution in [2.24, 2.45) is 0 Å². The minimum absolute atomic E-state index is 0.0779. The summed E-state index contributed by atoms with van der Waals surface area (Å²) in [4.78, 5) is 22.1. The Labute approximate surface area is 106 Å². The molecule has 3 heterocycles.